The first-order chi connectivity index (χ1) is 11.8. The quantitative estimate of drug-likeness (QED) is 0.677. The summed E-state index contributed by atoms with van der Waals surface area (Å²) in [7, 11) is 1.37. The van der Waals surface area contributed by atoms with Crippen molar-refractivity contribution in [1.29, 1.82) is 0 Å². The lowest BCUT2D eigenvalue weighted by molar-refractivity contribution is -0.141. The van der Waals surface area contributed by atoms with Gasteiger partial charge in [-0.05, 0) is 35.2 Å². The van der Waals surface area contributed by atoms with Gasteiger partial charge in [-0.25, -0.2) is 14.6 Å². The van der Waals surface area contributed by atoms with Gasteiger partial charge < -0.3 is 9.64 Å². The fourth-order valence-corrected chi connectivity index (χ4v) is 3.95. The van der Waals surface area contributed by atoms with Crippen molar-refractivity contribution in [3.8, 4) is 0 Å². The predicted molar refractivity (Wildman–Crippen MR) is 91.0 cm³/mol. The zero-order valence-electron chi connectivity index (χ0n) is 13.3. The highest BCUT2D eigenvalue weighted by Gasteiger charge is 2.29. The Morgan fingerprint density at radius 2 is 2.38 bits per heavy atom. The minimum absolute atomic E-state index is 0.0460. The van der Waals surface area contributed by atoms with E-state index in [2.05, 4.69) is 36.8 Å². The number of ether oxygens (including phenoxy) is 1. The molecule has 3 aromatic rings. The van der Waals surface area contributed by atoms with Crippen LogP contribution in [0.15, 0.2) is 29.4 Å². The molecule has 7 nitrogen and oxygen atoms in total. The summed E-state index contributed by atoms with van der Waals surface area (Å²) in [6.45, 7) is 0.999. The largest absolute Gasteiger partial charge is 0.468 e. The van der Waals surface area contributed by atoms with E-state index in [0.717, 1.165) is 30.6 Å². The average molecular weight is 343 g/mol. The Morgan fingerprint density at radius 1 is 1.46 bits per heavy atom. The van der Waals surface area contributed by atoms with Crippen LogP contribution in [0.3, 0.4) is 0 Å². The summed E-state index contributed by atoms with van der Waals surface area (Å²) >= 11 is 1.71. The molecular weight excluding hydrogens is 326 g/mol. The number of aromatic nitrogens is 4. The first kappa shape index (κ1) is 15.1. The lowest BCUT2D eigenvalue weighted by Gasteiger charge is -2.25. The molecule has 1 saturated heterocycles. The molecule has 0 N–H and O–H groups in total. The SMILES string of the molecule is COC(=O)Cn1ncc2c(N3CCCC3c3ccsc3)ncnc21. The van der Waals surface area contributed by atoms with Crippen molar-refractivity contribution in [3.05, 3.63) is 34.9 Å². The summed E-state index contributed by atoms with van der Waals surface area (Å²) in [4.78, 5) is 22.7. The molecule has 124 valence electrons. The predicted octanol–water partition coefficient (Wildman–Crippen LogP) is 2.40. The Hall–Kier alpha value is -2.48. The third kappa shape index (κ3) is 2.52. The monoisotopic (exact) mass is 343 g/mol. The van der Waals surface area contributed by atoms with Crippen LogP contribution in [0.2, 0.25) is 0 Å². The second kappa shape index (κ2) is 6.20. The van der Waals surface area contributed by atoms with Crippen LogP contribution in [0.4, 0.5) is 5.82 Å². The third-order valence-corrected chi connectivity index (χ3v) is 5.07. The molecule has 8 heteroatoms. The fraction of sp³-hybridized carbons (Fsp3) is 0.375. The Balaban J connectivity index is 1.73. The van der Waals surface area contributed by atoms with E-state index in [9.17, 15) is 4.79 Å². The lowest BCUT2D eigenvalue weighted by atomic mass is 10.1. The third-order valence-electron chi connectivity index (χ3n) is 4.37. The van der Waals surface area contributed by atoms with E-state index in [1.54, 1.807) is 22.2 Å². The Morgan fingerprint density at radius 3 is 3.17 bits per heavy atom. The normalized spacial score (nSPS) is 17.5. The number of methoxy groups -OCH3 is 1. The van der Waals surface area contributed by atoms with E-state index >= 15 is 0 Å². The smallest absolute Gasteiger partial charge is 0.327 e. The van der Waals surface area contributed by atoms with Crippen LogP contribution < -0.4 is 4.90 Å². The highest BCUT2D eigenvalue weighted by molar-refractivity contribution is 7.08. The molecule has 3 aromatic heterocycles. The minimum Gasteiger partial charge on any atom is -0.468 e. The van der Waals surface area contributed by atoms with Crippen molar-refractivity contribution in [3.63, 3.8) is 0 Å². The number of nitrogens with zero attached hydrogens (tertiary/aromatic N) is 5. The topological polar surface area (TPSA) is 73.1 Å². The second-order valence-electron chi connectivity index (χ2n) is 5.72. The van der Waals surface area contributed by atoms with Crippen LogP contribution in [0.5, 0.6) is 0 Å². The number of esters is 1. The van der Waals surface area contributed by atoms with E-state index in [4.69, 9.17) is 4.74 Å². The van der Waals surface area contributed by atoms with Gasteiger partial charge in [0.05, 0.1) is 24.7 Å². The second-order valence-corrected chi connectivity index (χ2v) is 6.50. The van der Waals surface area contributed by atoms with Crippen LogP contribution in [0.1, 0.15) is 24.4 Å². The van der Waals surface area contributed by atoms with Gasteiger partial charge in [0, 0.05) is 6.54 Å². The lowest BCUT2D eigenvalue weighted by Crippen LogP contribution is -2.23. The summed E-state index contributed by atoms with van der Waals surface area (Å²) < 4.78 is 6.27. The molecule has 0 spiro atoms. The van der Waals surface area contributed by atoms with Crippen molar-refractivity contribution >= 4 is 34.2 Å². The number of hydrogen-bond donors (Lipinski definition) is 0. The maximum absolute atomic E-state index is 11.5. The van der Waals surface area contributed by atoms with E-state index in [1.165, 1.54) is 19.0 Å². The van der Waals surface area contributed by atoms with Gasteiger partial charge in [-0.15, -0.1) is 0 Å². The van der Waals surface area contributed by atoms with Crippen LogP contribution in [0.25, 0.3) is 11.0 Å². The molecule has 0 saturated carbocycles. The first-order valence-electron chi connectivity index (χ1n) is 7.80. The highest BCUT2D eigenvalue weighted by Crippen LogP contribution is 2.38. The maximum Gasteiger partial charge on any atom is 0.327 e. The van der Waals surface area contributed by atoms with Gasteiger partial charge in [-0.3, -0.25) is 4.79 Å². The van der Waals surface area contributed by atoms with E-state index in [1.807, 2.05) is 0 Å². The molecule has 0 aromatic carbocycles. The van der Waals surface area contributed by atoms with Gasteiger partial charge >= 0.3 is 5.97 Å². The zero-order chi connectivity index (χ0) is 16.5. The first-order valence-corrected chi connectivity index (χ1v) is 8.74. The van der Waals surface area contributed by atoms with Crippen LogP contribution in [-0.2, 0) is 16.1 Å². The van der Waals surface area contributed by atoms with Crippen molar-refractivity contribution in [2.75, 3.05) is 18.6 Å². The average Bonchev–Trinajstić information content (AvgIpc) is 3.34. The van der Waals surface area contributed by atoms with E-state index in [0.29, 0.717) is 11.7 Å². The van der Waals surface area contributed by atoms with Gasteiger partial charge in [0.15, 0.2) is 5.65 Å². The van der Waals surface area contributed by atoms with Gasteiger partial charge in [0.25, 0.3) is 0 Å². The number of fused-ring (bicyclic) bond motifs is 1. The molecule has 1 aliphatic rings. The van der Waals surface area contributed by atoms with Crippen LogP contribution in [0, 0.1) is 0 Å². The number of rotatable bonds is 4. The number of thiophene rings is 1. The summed E-state index contributed by atoms with van der Waals surface area (Å²) in [6, 6.07) is 2.51. The van der Waals surface area contributed by atoms with Crippen molar-refractivity contribution in [2.45, 2.75) is 25.4 Å². The number of carbonyl (C=O) groups is 1. The van der Waals surface area contributed by atoms with Crippen molar-refractivity contribution in [2.24, 2.45) is 0 Å². The molecule has 0 amide bonds. The zero-order valence-corrected chi connectivity index (χ0v) is 14.1. The summed E-state index contributed by atoms with van der Waals surface area (Å²) in [6.07, 6.45) is 5.51. The van der Waals surface area contributed by atoms with E-state index in [-0.39, 0.29) is 12.5 Å². The van der Waals surface area contributed by atoms with Gasteiger partial charge in [-0.1, -0.05) is 0 Å². The number of hydrogen-bond acceptors (Lipinski definition) is 7. The summed E-state index contributed by atoms with van der Waals surface area (Å²) in [5, 5.41) is 9.46. The molecule has 4 rings (SSSR count). The van der Waals surface area contributed by atoms with Gasteiger partial charge in [-0.2, -0.15) is 16.4 Å². The van der Waals surface area contributed by atoms with Crippen LogP contribution in [-0.4, -0.2) is 39.4 Å². The Bertz CT molecular complexity index is 861. The standard InChI is InChI=1S/C16H17N5O2S/c1-23-14(22)8-21-16-12(7-19-21)15(17-10-18-16)20-5-2-3-13(20)11-4-6-24-9-11/h4,6-7,9-10,13H,2-3,5,8H2,1H3. The molecule has 0 bridgehead atoms. The fourth-order valence-electron chi connectivity index (χ4n) is 3.24. The molecule has 0 aliphatic carbocycles. The molecule has 0 radical (unpaired) electrons. The number of anilines is 1. The summed E-state index contributed by atoms with van der Waals surface area (Å²) in [5.41, 5.74) is 1.98. The Labute approximate surface area is 142 Å². The summed E-state index contributed by atoms with van der Waals surface area (Å²) in [5.74, 6) is 0.530. The number of carbonyl (C=O) groups excluding carboxylic acids is 1. The van der Waals surface area contributed by atoms with Gasteiger partial charge in [0.1, 0.15) is 18.7 Å². The molecule has 4 heterocycles. The van der Waals surface area contributed by atoms with Crippen molar-refractivity contribution < 1.29 is 9.53 Å². The van der Waals surface area contributed by atoms with Crippen molar-refractivity contribution in [1.82, 2.24) is 19.7 Å². The minimum atomic E-state index is -0.350. The maximum atomic E-state index is 11.5. The van der Waals surface area contributed by atoms with Crippen LogP contribution >= 0.6 is 11.3 Å². The van der Waals surface area contributed by atoms with E-state index < -0.39 is 0 Å². The van der Waals surface area contributed by atoms with Gasteiger partial charge in [0.2, 0.25) is 0 Å². The Kier molecular flexibility index (Phi) is 3.89. The molecular formula is C16H17N5O2S. The molecule has 1 aliphatic heterocycles. The highest BCUT2D eigenvalue weighted by atomic mass is 32.1. The molecule has 24 heavy (non-hydrogen) atoms. The molecule has 1 fully saturated rings. The molecule has 1 unspecified atom stereocenters. The molecule has 1 atom stereocenters.